The van der Waals surface area contributed by atoms with Gasteiger partial charge >= 0.3 is 6.03 Å². The number of nitrogens with one attached hydrogen (secondary N) is 4. The Morgan fingerprint density at radius 3 is 2.41 bits per heavy atom. The molecule has 0 aromatic rings. The fourth-order valence-corrected chi connectivity index (χ4v) is 7.40. The number of carbonyl (C=O) groups is 4. The van der Waals surface area contributed by atoms with Crippen LogP contribution in [0.25, 0.3) is 0 Å². The summed E-state index contributed by atoms with van der Waals surface area (Å²) >= 11 is 1.91. The minimum Gasteiger partial charge on any atom is -0.356 e. The highest BCUT2D eigenvalue weighted by molar-refractivity contribution is 8.00. The zero-order valence-corrected chi connectivity index (χ0v) is 27.4. The molecule has 3 rings (SSSR count). The van der Waals surface area contributed by atoms with E-state index in [0.717, 1.165) is 75.5 Å². The fraction of sp³-hybridized carbons (Fsp3) is 0.657. The number of amides is 4. The van der Waals surface area contributed by atoms with E-state index in [1.165, 1.54) is 19.3 Å². The van der Waals surface area contributed by atoms with Crippen molar-refractivity contribution in [2.45, 2.75) is 121 Å². The SMILES string of the molecule is CCCCC/C=C\C=C1\C(=O)C=C[C@H]1C/C=C\CCCC(=O)NCCCCCNC(=O)CCCC[C@@H]1SC[C@H]2NC(=O)N[C@H]12. The van der Waals surface area contributed by atoms with Crippen LogP contribution in [-0.2, 0) is 14.4 Å². The van der Waals surface area contributed by atoms with Crippen LogP contribution >= 0.6 is 11.8 Å². The van der Waals surface area contributed by atoms with Crippen molar-refractivity contribution in [2.75, 3.05) is 18.8 Å². The molecule has 9 heteroatoms. The van der Waals surface area contributed by atoms with Crippen molar-refractivity contribution < 1.29 is 19.2 Å². The van der Waals surface area contributed by atoms with E-state index in [1.807, 2.05) is 30.0 Å². The highest BCUT2D eigenvalue weighted by Gasteiger charge is 2.42. The molecule has 44 heavy (non-hydrogen) atoms. The van der Waals surface area contributed by atoms with Gasteiger partial charge in [0.15, 0.2) is 5.78 Å². The quantitative estimate of drug-likeness (QED) is 0.0506. The first-order valence-corrected chi connectivity index (χ1v) is 18.0. The number of hydrogen-bond acceptors (Lipinski definition) is 5. The number of rotatable bonds is 22. The summed E-state index contributed by atoms with van der Waals surface area (Å²) in [6.07, 6.45) is 28.0. The Morgan fingerprint density at radius 1 is 0.886 bits per heavy atom. The molecular formula is C35H54N4O4S. The summed E-state index contributed by atoms with van der Waals surface area (Å²) in [4.78, 5) is 47.9. The predicted octanol–water partition coefficient (Wildman–Crippen LogP) is 6.05. The van der Waals surface area contributed by atoms with Gasteiger partial charge in [0.05, 0.1) is 12.1 Å². The predicted molar refractivity (Wildman–Crippen MR) is 180 cm³/mol. The van der Waals surface area contributed by atoms with Crippen LogP contribution in [0.1, 0.15) is 103 Å². The van der Waals surface area contributed by atoms with Gasteiger partial charge in [-0.3, -0.25) is 14.4 Å². The minimum atomic E-state index is -0.0521. The average Bonchev–Trinajstić information content (AvgIpc) is 3.68. The van der Waals surface area contributed by atoms with E-state index in [2.05, 4.69) is 46.4 Å². The molecule has 2 heterocycles. The first-order chi connectivity index (χ1) is 21.5. The van der Waals surface area contributed by atoms with Gasteiger partial charge < -0.3 is 21.3 Å². The molecule has 0 radical (unpaired) electrons. The zero-order chi connectivity index (χ0) is 31.4. The molecule has 4 atom stereocenters. The summed E-state index contributed by atoms with van der Waals surface area (Å²) in [5, 5.41) is 12.4. The summed E-state index contributed by atoms with van der Waals surface area (Å²) < 4.78 is 0. The summed E-state index contributed by atoms with van der Waals surface area (Å²) in [5.41, 5.74) is 0.867. The van der Waals surface area contributed by atoms with Crippen molar-refractivity contribution in [3.05, 3.63) is 48.1 Å². The lowest BCUT2D eigenvalue weighted by atomic mass is 9.97. The molecule has 0 saturated carbocycles. The second-order valence-electron chi connectivity index (χ2n) is 12.1. The third kappa shape index (κ3) is 13.4. The standard InChI is InChI=1S/C35H54N4O4S/c1-2-3-4-5-6-11-18-28-27(22-23-30(28)40)17-10-7-8-12-20-32(41)36-24-15-9-16-25-37-33(42)21-14-13-19-31-34-29(26-44-31)38-35(43)39-34/h6-7,10-11,18,22-23,27,29,31,34H,2-5,8-9,12-17,19-21,24-26H2,1H3,(H,36,41)(H,37,42)(H2,38,39,43)/b10-7-,11-6-,28-18+/t27-,29-,31+,34+/m1/s1. The minimum absolute atomic E-state index is 0.0521. The van der Waals surface area contributed by atoms with Gasteiger partial charge in [-0.25, -0.2) is 4.79 Å². The lowest BCUT2D eigenvalue weighted by molar-refractivity contribution is -0.121. The van der Waals surface area contributed by atoms with Crippen molar-refractivity contribution in [1.82, 2.24) is 21.3 Å². The number of ketones is 1. The molecule has 0 spiro atoms. The molecule has 8 nitrogen and oxygen atoms in total. The van der Waals surface area contributed by atoms with Crippen LogP contribution in [0.3, 0.4) is 0 Å². The second kappa shape index (κ2) is 21.0. The van der Waals surface area contributed by atoms with Crippen LogP contribution in [0.15, 0.2) is 48.1 Å². The summed E-state index contributed by atoms with van der Waals surface area (Å²) in [5.74, 6) is 1.42. The van der Waals surface area contributed by atoms with Crippen molar-refractivity contribution in [3.8, 4) is 0 Å². The van der Waals surface area contributed by atoms with E-state index in [4.69, 9.17) is 0 Å². The van der Waals surface area contributed by atoms with Crippen LogP contribution in [0.2, 0.25) is 0 Å². The zero-order valence-electron chi connectivity index (χ0n) is 26.6. The van der Waals surface area contributed by atoms with Crippen LogP contribution in [-0.4, -0.2) is 59.8 Å². The number of carbonyl (C=O) groups excluding carboxylic acids is 4. The summed E-state index contributed by atoms with van der Waals surface area (Å²) in [7, 11) is 0. The first kappa shape index (κ1) is 35.7. The first-order valence-electron chi connectivity index (χ1n) is 16.9. The topological polar surface area (TPSA) is 116 Å². The normalized spacial score (nSPS) is 23.5. The molecule has 0 aromatic heterocycles. The average molecular weight is 627 g/mol. The van der Waals surface area contributed by atoms with Crippen molar-refractivity contribution >= 4 is 35.4 Å². The van der Waals surface area contributed by atoms with Gasteiger partial charge in [0.2, 0.25) is 11.8 Å². The second-order valence-corrected chi connectivity index (χ2v) is 13.4. The van der Waals surface area contributed by atoms with Crippen molar-refractivity contribution in [1.29, 1.82) is 0 Å². The fourth-order valence-electron chi connectivity index (χ4n) is 5.85. The Bertz CT molecular complexity index is 1050. The largest absolute Gasteiger partial charge is 0.356 e. The van der Waals surface area contributed by atoms with Crippen LogP contribution in [0.4, 0.5) is 4.79 Å². The summed E-state index contributed by atoms with van der Waals surface area (Å²) in [6, 6.07) is 0.437. The van der Waals surface area contributed by atoms with Gasteiger partial charge in [-0.05, 0) is 70.3 Å². The number of urea groups is 1. The van der Waals surface area contributed by atoms with Gasteiger partial charge in [0, 0.05) is 48.4 Å². The Balaban J connectivity index is 1.11. The van der Waals surface area contributed by atoms with E-state index in [1.54, 1.807) is 6.08 Å². The third-order valence-electron chi connectivity index (χ3n) is 8.46. The molecule has 4 amide bonds. The van der Waals surface area contributed by atoms with Crippen LogP contribution < -0.4 is 21.3 Å². The molecular weight excluding hydrogens is 572 g/mol. The number of allylic oxidation sites excluding steroid dienone is 8. The molecule has 0 bridgehead atoms. The van der Waals surface area contributed by atoms with Gasteiger partial charge in [0.1, 0.15) is 0 Å². The van der Waals surface area contributed by atoms with E-state index in [0.29, 0.717) is 31.2 Å². The number of hydrogen-bond donors (Lipinski definition) is 4. The molecule has 1 aliphatic carbocycles. The number of fused-ring (bicyclic) bond motifs is 1. The highest BCUT2D eigenvalue weighted by Crippen LogP contribution is 2.33. The Hall–Kier alpha value is -2.81. The van der Waals surface area contributed by atoms with Crippen LogP contribution in [0, 0.1) is 5.92 Å². The smallest absolute Gasteiger partial charge is 0.315 e. The molecule has 4 N–H and O–H groups in total. The van der Waals surface area contributed by atoms with Gasteiger partial charge in [-0.15, -0.1) is 0 Å². The van der Waals surface area contributed by atoms with Crippen molar-refractivity contribution in [3.63, 3.8) is 0 Å². The molecule has 2 aliphatic heterocycles. The lowest BCUT2D eigenvalue weighted by Crippen LogP contribution is -2.36. The molecule has 244 valence electrons. The maximum Gasteiger partial charge on any atom is 0.315 e. The summed E-state index contributed by atoms with van der Waals surface area (Å²) in [6.45, 7) is 3.55. The van der Waals surface area contributed by atoms with E-state index >= 15 is 0 Å². The molecule has 0 unspecified atom stereocenters. The van der Waals surface area contributed by atoms with E-state index < -0.39 is 0 Å². The van der Waals surface area contributed by atoms with Gasteiger partial charge in [-0.1, -0.05) is 62.6 Å². The Morgan fingerprint density at radius 2 is 1.64 bits per heavy atom. The number of thioether (sulfide) groups is 1. The lowest BCUT2D eigenvalue weighted by Gasteiger charge is -2.16. The Labute approximate surface area is 268 Å². The molecule has 3 aliphatic rings. The molecule has 0 aromatic carbocycles. The monoisotopic (exact) mass is 626 g/mol. The highest BCUT2D eigenvalue weighted by atomic mass is 32.2. The molecule has 2 saturated heterocycles. The molecule has 2 fully saturated rings. The number of unbranched alkanes of at least 4 members (excludes halogenated alkanes) is 7. The Kier molecular flexibility index (Phi) is 17.0. The van der Waals surface area contributed by atoms with E-state index in [-0.39, 0.29) is 41.6 Å². The maximum atomic E-state index is 12.2. The van der Waals surface area contributed by atoms with Gasteiger partial charge in [0.25, 0.3) is 0 Å². The van der Waals surface area contributed by atoms with Crippen molar-refractivity contribution in [2.24, 2.45) is 5.92 Å². The third-order valence-corrected chi connectivity index (χ3v) is 9.97. The van der Waals surface area contributed by atoms with Crippen LogP contribution in [0.5, 0.6) is 0 Å². The maximum absolute atomic E-state index is 12.2. The van der Waals surface area contributed by atoms with E-state index in [9.17, 15) is 19.2 Å². The van der Waals surface area contributed by atoms with Gasteiger partial charge in [-0.2, -0.15) is 11.8 Å².